The van der Waals surface area contributed by atoms with E-state index < -0.39 is 11.6 Å². The summed E-state index contributed by atoms with van der Waals surface area (Å²) >= 11 is 3.04. The molecule has 1 aromatic rings. The molecule has 0 bridgehead atoms. The van der Waals surface area contributed by atoms with Gasteiger partial charge in [-0.05, 0) is 40.4 Å². The minimum atomic E-state index is -0.561. The van der Waals surface area contributed by atoms with Gasteiger partial charge in [-0.3, -0.25) is 0 Å². The first-order valence-corrected chi connectivity index (χ1v) is 6.68. The average Bonchev–Trinajstić information content (AvgIpc) is 2.25. The predicted octanol–water partition coefficient (Wildman–Crippen LogP) is 4.43. The van der Waals surface area contributed by atoms with Crippen LogP contribution in [-0.2, 0) is 11.3 Å². The lowest BCUT2D eigenvalue weighted by Gasteiger charge is -2.24. The van der Waals surface area contributed by atoms with E-state index in [0.29, 0.717) is 6.61 Å². The Labute approximate surface area is 108 Å². The molecular weight excluding hydrogens is 290 g/mol. The van der Waals surface area contributed by atoms with Gasteiger partial charge >= 0.3 is 0 Å². The third-order valence-corrected chi connectivity index (χ3v) is 3.89. The van der Waals surface area contributed by atoms with Crippen molar-refractivity contribution in [2.45, 2.75) is 32.3 Å². The molecule has 0 N–H and O–H groups in total. The fourth-order valence-corrected chi connectivity index (χ4v) is 2.28. The molecule has 0 atom stereocenters. The van der Waals surface area contributed by atoms with Crippen LogP contribution in [-0.4, -0.2) is 6.61 Å². The van der Waals surface area contributed by atoms with E-state index in [0.717, 1.165) is 12.3 Å². The summed E-state index contributed by atoms with van der Waals surface area (Å²) in [5, 5.41) is 0. The van der Waals surface area contributed by atoms with Gasteiger partial charge < -0.3 is 4.74 Å². The number of halogens is 3. The maximum absolute atomic E-state index is 13.6. The van der Waals surface area contributed by atoms with E-state index in [4.69, 9.17) is 4.74 Å². The van der Waals surface area contributed by atoms with Gasteiger partial charge in [0.25, 0.3) is 0 Å². The molecule has 0 radical (unpaired) electrons. The van der Waals surface area contributed by atoms with Crippen molar-refractivity contribution in [3.05, 3.63) is 33.8 Å². The van der Waals surface area contributed by atoms with Gasteiger partial charge in [-0.15, -0.1) is 0 Å². The monoisotopic (exact) mass is 304 g/mol. The lowest BCUT2D eigenvalue weighted by Crippen LogP contribution is -2.13. The molecule has 0 amide bonds. The minimum absolute atomic E-state index is 0.00380. The lowest BCUT2D eigenvalue weighted by atomic mass is 9.83. The van der Waals surface area contributed by atoms with Gasteiger partial charge in [0.1, 0.15) is 11.6 Å². The summed E-state index contributed by atoms with van der Waals surface area (Å²) in [5.74, 6) is -0.352. The van der Waals surface area contributed by atoms with Crippen molar-refractivity contribution in [1.29, 1.82) is 0 Å². The van der Waals surface area contributed by atoms with Gasteiger partial charge in [0, 0.05) is 6.61 Å². The summed E-state index contributed by atoms with van der Waals surface area (Å²) in [6.07, 6.45) is 4.84. The van der Waals surface area contributed by atoms with Crippen molar-refractivity contribution in [2.75, 3.05) is 6.61 Å². The first kappa shape index (κ1) is 13.0. The zero-order valence-electron chi connectivity index (χ0n) is 9.52. The largest absolute Gasteiger partial charge is 0.377 e. The highest BCUT2D eigenvalue weighted by Gasteiger charge is 2.17. The predicted molar refractivity (Wildman–Crippen MR) is 65.7 cm³/mol. The van der Waals surface area contributed by atoms with E-state index >= 15 is 0 Å². The Morgan fingerprint density at radius 3 is 2.71 bits per heavy atom. The molecule has 1 aliphatic carbocycles. The second kappa shape index (κ2) is 5.91. The van der Waals surface area contributed by atoms with E-state index in [-0.39, 0.29) is 16.6 Å². The second-order valence-corrected chi connectivity index (χ2v) is 5.31. The van der Waals surface area contributed by atoms with E-state index in [1.54, 1.807) is 0 Å². The number of hydrogen-bond donors (Lipinski definition) is 0. The van der Waals surface area contributed by atoms with Crippen LogP contribution in [0.2, 0.25) is 0 Å². The molecule has 0 aromatic heterocycles. The van der Waals surface area contributed by atoms with Crippen molar-refractivity contribution in [2.24, 2.45) is 5.92 Å². The second-order valence-electron chi connectivity index (χ2n) is 4.46. The molecule has 17 heavy (non-hydrogen) atoms. The van der Waals surface area contributed by atoms with Gasteiger partial charge in [0.2, 0.25) is 0 Å². The van der Waals surface area contributed by atoms with Crippen LogP contribution in [0, 0.1) is 17.6 Å². The molecule has 1 saturated carbocycles. The van der Waals surface area contributed by atoms with Gasteiger partial charge in [-0.1, -0.05) is 19.3 Å². The standard InChI is InChI=1S/C13H15BrF2O/c14-11-4-5-12(15)10(13(11)16)8-17-7-6-9-2-1-3-9/h4-5,9H,1-3,6-8H2. The fourth-order valence-electron chi connectivity index (χ4n) is 1.91. The third kappa shape index (κ3) is 3.26. The zero-order valence-corrected chi connectivity index (χ0v) is 11.1. The van der Waals surface area contributed by atoms with Crippen molar-refractivity contribution in [1.82, 2.24) is 0 Å². The number of ether oxygens (including phenoxy) is 1. The molecule has 94 valence electrons. The van der Waals surface area contributed by atoms with Crippen LogP contribution in [0.4, 0.5) is 8.78 Å². The summed E-state index contributed by atoms with van der Waals surface area (Å²) in [6, 6.07) is 2.61. The molecule has 0 heterocycles. The van der Waals surface area contributed by atoms with Crippen molar-refractivity contribution < 1.29 is 13.5 Å². The number of hydrogen-bond acceptors (Lipinski definition) is 1. The molecule has 0 saturated heterocycles. The van der Waals surface area contributed by atoms with Crippen molar-refractivity contribution in [3.63, 3.8) is 0 Å². The fraction of sp³-hybridized carbons (Fsp3) is 0.538. The Morgan fingerprint density at radius 1 is 1.29 bits per heavy atom. The van der Waals surface area contributed by atoms with Crippen LogP contribution < -0.4 is 0 Å². The van der Waals surface area contributed by atoms with E-state index in [2.05, 4.69) is 15.9 Å². The zero-order chi connectivity index (χ0) is 12.3. The van der Waals surface area contributed by atoms with Crippen LogP contribution in [0.3, 0.4) is 0 Å². The molecule has 1 aromatic carbocycles. The topological polar surface area (TPSA) is 9.23 Å². The lowest BCUT2D eigenvalue weighted by molar-refractivity contribution is 0.0911. The summed E-state index contributed by atoms with van der Waals surface area (Å²) in [6.45, 7) is 0.583. The molecule has 1 aliphatic rings. The Hall–Kier alpha value is -0.480. The molecular formula is C13H15BrF2O. The van der Waals surface area contributed by atoms with Crippen LogP contribution in [0.15, 0.2) is 16.6 Å². The first-order chi connectivity index (χ1) is 8.18. The smallest absolute Gasteiger partial charge is 0.145 e. The van der Waals surface area contributed by atoms with Crippen molar-refractivity contribution >= 4 is 15.9 Å². The normalized spacial score (nSPS) is 15.9. The molecule has 0 aliphatic heterocycles. The van der Waals surface area contributed by atoms with Crippen molar-refractivity contribution in [3.8, 4) is 0 Å². The van der Waals surface area contributed by atoms with E-state index in [9.17, 15) is 8.78 Å². The molecule has 2 rings (SSSR count). The maximum atomic E-state index is 13.6. The third-order valence-electron chi connectivity index (χ3n) is 3.28. The summed E-state index contributed by atoms with van der Waals surface area (Å²) in [7, 11) is 0. The highest BCUT2D eigenvalue weighted by atomic mass is 79.9. The molecule has 4 heteroatoms. The molecule has 0 spiro atoms. The summed E-state index contributed by atoms with van der Waals surface area (Å²) in [4.78, 5) is 0. The van der Waals surface area contributed by atoms with Crippen LogP contribution in [0.25, 0.3) is 0 Å². The van der Waals surface area contributed by atoms with Gasteiger partial charge in [0.15, 0.2) is 0 Å². The average molecular weight is 305 g/mol. The van der Waals surface area contributed by atoms with E-state index in [1.165, 1.54) is 31.4 Å². The molecule has 1 fully saturated rings. The quantitative estimate of drug-likeness (QED) is 0.577. The molecule has 0 unspecified atom stereocenters. The van der Waals surface area contributed by atoms with Crippen LogP contribution in [0.1, 0.15) is 31.2 Å². The minimum Gasteiger partial charge on any atom is -0.377 e. The summed E-state index contributed by atoms with van der Waals surface area (Å²) < 4.78 is 32.5. The summed E-state index contributed by atoms with van der Waals surface area (Å²) in [5.41, 5.74) is 0.00739. The van der Waals surface area contributed by atoms with E-state index in [1.807, 2.05) is 0 Å². The Balaban J connectivity index is 1.83. The number of rotatable bonds is 5. The van der Waals surface area contributed by atoms with Gasteiger partial charge in [-0.25, -0.2) is 8.78 Å². The first-order valence-electron chi connectivity index (χ1n) is 5.88. The highest BCUT2D eigenvalue weighted by Crippen LogP contribution is 2.29. The maximum Gasteiger partial charge on any atom is 0.145 e. The van der Waals surface area contributed by atoms with Gasteiger partial charge in [0.05, 0.1) is 16.6 Å². The van der Waals surface area contributed by atoms with Gasteiger partial charge in [-0.2, -0.15) is 0 Å². The molecule has 1 nitrogen and oxygen atoms in total. The Kier molecular flexibility index (Phi) is 4.51. The Morgan fingerprint density at radius 2 is 2.06 bits per heavy atom. The highest BCUT2D eigenvalue weighted by molar-refractivity contribution is 9.10. The van der Waals surface area contributed by atoms with Crippen LogP contribution >= 0.6 is 15.9 Å². The van der Waals surface area contributed by atoms with Crippen LogP contribution in [0.5, 0.6) is 0 Å². The Bertz CT molecular complexity index is 391. The SMILES string of the molecule is Fc1ccc(Br)c(F)c1COCCC1CCC1. The number of benzene rings is 1.